The Morgan fingerprint density at radius 3 is 2.63 bits per heavy atom. The van der Waals surface area contributed by atoms with Crippen LogP contribution in [-0.4, -0.2) is 57.2 Å². The zero-order chi connectivity index (χ0) is 19.8. The summed E-state index contributed by atoms with van der Waals surface area (Å²) in [6.45, 7) is 5.15. The lowest BCUT2D eigenvalue weighted by atomic mass is 9.91. The second-order valence-corrected chi connectivity index (χ2v) is 7.98. The van der Waals surface area contributed by atoms with Crippen molar-refractivity contribution in [3.05, 3.63) is 23.8 Å². The van der Waals surface area contributed by atoms with Crippen LogP contribution in [0.15, 0.2) is 18.2 Å². The Kier molecular flexibility index (Phi) is 12.5. The molecule has 6 nitrogen and oxygen atoms in total. The van der Waals surface area contributed by atoms with Crippen molar-refractivity contribution < 1.29 is 14.3 Å². The molecule has 2 fully saturated rings. The Labute approximate surface area is 193 Å². The summed E-state index contributed by atoms with van der Waals surface area (Å²) in [7, 11) is 3.27. The van der Waals surface area contributed by atoms with Gasteiger partial charge in [-0.2, -0.15) is 0 Å². The molecule has 172 valence electrons. The van der Waals surface area contributed by atoms with Gasteiger partial charge in [-0.05, 0) is 69.8 Å². The van der Waals surface area contributed by atoms with E-state index in [2.05, 4.69) is 15.5 Å². The number of nitrogens with zero attached hydrogens (tertiary/aromatic N) is 1. The average molecular weight is 462 g/mol. The minimum atomic E-state index is 0. The number of carbonyl (C=O) groups excluding carboxylic acids is 1. The van der Waals surface area contributed by atoms with Gasteiger partial charge in [0.1, 0.15) is 11.5 Å². The van der Waals surface area contributed by atoms with Gasteiger partial charge in [0.25, 0.3) is 0 Å². The summed E-state index contributed by atoms with van der Waals surface area (Å²) >= 11 is 0. The maximum Gasteiger partial charge on any atom is 0.220 e. The quantitative estimate of drug-likeness (QED) is 0.620. The topological polar surface area (TPSA) is 62.8 Å². The van der Waals surface area contributed by atoms with Gasteiger partial charge in [0.05, 0.1) is 14.2 Å². The summed E-state index contributed by atoms with van der Waals surface area (Å²) in [6.07, 6.45) is 6.62. The number of carbonyl (C=O) groups is 1. The molecule has 3 rings (SSSR count). The Bertz CT molecular complexity index is 642. The van der Waals surface area contributed by atoms with Crippen molar-refractivity contribution >= 4 is 30.7 Å². The molecule has 8 heteroatoms. The molecule has 2 N–H and O–H groups in total. The highest BCUT2D eigenvalue weighted by molar-refractivity contribution is 5.85. The van der Waals surface area contributed by atoms with Crippen molar-refractivity contribution in [1.29, 1.82) is 0 Å². The number of nitrogens with one attached hydrogen (secondary N) is 2. The van der Waals surface area contributed by atoms with E-state index in [9.17, 15) is 4.79 Å². The van der Waals surface area contributed by atoms with Gasteiger partial charge >= 0.3 is 0 Å². The largest absolute Gasteiger partial charge is 0.497 e. The van der Waals surface area contributed by atoms with Gasteiger partial charge in [-0.3, -0.25) is 4.79 Å². The number of methoxy groups -OCH3 is 2. The standard InChI is InChI=1S/C22H35N3O3.2ClH/c1-27-20-7-6-18(21(14-20)28-2)15-24-22(26)8-5-17-4-3-13-25(16-17)19-9-11-23-12-10-19;;/h6-7,14,17,19,23H,3-5,8-13,15-16H2,1-2H3,(H,24,26);2*1H. The van der Waals surface area contributed by atoms with E-state index in [0.717, 1.165) is 49.2 Å². The molecule has 2 heterocycles. The molecule has 1 amide bonds. The van der Waals surface area contributed by atoms with Gasteiger partial charge in [-0.1, -0.05) is 0 Å². The number of benzene rings is 1. The van der Waals surface area contributed by atoms with Crippen LogP contribution in [0, 0.1) is 5.92 Å². The molecule has 0 aliphatic carbocycles. The zero-order valence-electron chi connectivity index (χ0n) is 18.2. The van der Waals surface area contributed by atoms with Crippen molar-refractivity contribution in [3.8, 4) is 11.5 Å². The monoisotopic (exact) mass is 461 g/mol. The number of amides is 1. The molecule has 1 atom stereocenters. The van der Waals surface area contributed by atoms with Gasteiger partial charge in [-0.15, -0.1) is 24.8 Å². The smallest absolute Gasteiger partial charge is 0.220 e. The normalized spacial score (nSPS) is 19.9. The Balaban J connectivity index is 0.00000225. The minimum absolute atomic E-state index is 0. The number of rotatable bonds is 8. The van der Waals surface area contributed by atoms with Crippen LogP contribution in [0.4, 0.5) is 0 Å². The number of likely N-dealkylation sites (tertiary alicyclic amines) is 1. The molecular weight excluding hydrogens is 425 g/mol. The number of piperidine rings is 2. The maximum atomic E-state index is 12.4. The van der Waals surface area contributed by atoms with E-state index >= 15 is 0 Å². The highest BCUT2D eigenvalue weighted by Crippen LogP contribution is 2.26. The summed E-state index contributed by atoms with van der Waals surface area (Å²) in [5.74, 6) is 2.26. The predicted molar refractivity (Wildman–Crippen MR) is 125 cm³/mol. The molecule has 2 aliphatic rings. The van der Waals surface area contributed by atoms with Crippen molar-refractivity contribution in [2.45, 2.75) is 51.1 Å². The fourth-order valence-corrected chi connectivity index (χ4v) is 4.45. The first-order chi connectivity index (χ1) is 13.7. The summed E-state index contributed by atoms with van der Waals surface area (Å²) < 4.78 is 10.6. The molecule has 0 aromatic heterocycles. The first-order valence-electron chi connectivity index (χ1n) is 10.6. The first kappa shape index (κ1) is 26.8. The summed E-state index contributed by atoms with van der Waals surface area (Å²) in [5.41, 5.74) is 0.964. The minimum Gasteiger partial charge on any atom is -0.497 e. The lowest BCUT2D eigenvalue weighted by Crippen LogP contribution is -2.47. The van der Waals surface area contributed by atoms with Crippen LogP contribution < -0.4 is 20.1 Å². The van der Waals surface area contributed by atoms with Crippen molar-refractivity contribution in [1.82, 2.24) is 15.5 Å². The third kappa shape index (κ3) is 7.80. The van der Waals surface area contributed by atoms with Gasteiger partial charge in [0.2, 0.25) is 5.91 Å². The second-order valence-electron chi connectivity index (χ2n) is 7.98. The van der Waals surface area contributed by atoms with Crippen molar-refractivity contribution in [3.63, 3.8) is 0 Å². The molecule has 0 radical (unpaired) electrons. The maximum absolute atomic E-state index is 12.4. The lowest BCUT2D eigenvalue weighted by molar-refractivity contribution is -0.121. The Hall–Kier alpha value is -1.21. The van der Waals surface area contributed by atoms with Gasteiger partial charge in [0, 0.05) is 37.2 Å². The van der Waals surface area contributed by atoms with E-state index in [0.29, 0.717) is 18.9 Å². The molecule has 2 aliphatic heterocycles. The summed E-state index contributed by atoms with van der Waals surface area (Å²) in [6, 6.07) is 6.41. The molecule has 0 saturated carbocycles. The van der Waals surface area contributed by atoms with Crippen LogP contribution in [-0.2, 0) is 11.3 Å². The van der Waals surface area contributed by atoms with E-state index in [-0.39, 0.29) is 30.7 Å². The summed E-state index contributed by atoms with van der Waals surface area (Å²) in [4.78, 5) is 15.0. The third-order valence-corrected chi connectivity index (χ3v) is 6.13. The van der Waals surface area contributed by atoms with Crippen molar-refractivity contribution in [2.75, 3.05) is 40.4 Å². The highest BCUT2D eigenvalue weighted by Gasteiger charge is 2.27. The average Bonchev–Trinajstić information content (AvgIpc) is 2.77. The van der Waals surface area contributed by atoms with E-state index in [1.54, 1.807) is 14.2 Å². The fourth-order valence-electron chi connectivity index (χ4n) is 4.45. The van der Waals surface area contributed by atoms with Crippen LogP contribution in [0.25, 0.3) is 0 Å². The molecular formula is C22H37Cl2N3O3. The van der Waals surface area contributed by atoms with Crippen LogP contribution in [0.1, 0.15) is 44.1 Å². The van der Waals surface area contributed by atoms with Crippen LogP contribution >= 0.6 is 24.8 Å². The van der Waals surface area contributed by atoms with E-state index in [1.807, 2.05) is 18.2 Å². The van der Waals surface area contributed by atoms with Gasteiger partial charge in [0.15, 0.2) is 0 Å². The number of hydrogen-bond donors (Lipinski definition) is 2. The second kappa shape index (κ2) is 14.0. The van der Waals surface area contributed by atoms with E-state index < -0.39 is 0 Å². The SMILES string of the molecule is COc1ccc(CNC(=O)CCC2CCCN(C3CCNCC3)C2)c(OC)c1.Cl.Cl. The lowest BCUT2D eigenvalue weighted by Gasteiger charge is -2.40. The predicted octanol–water partition coefficient (Wildman–Crippen LogP) is 3.41. The van der Waals surface area contributed by atoms with Crippen LogP contribution in [0.2, 0.25) is 0 Å². The molecule has 2 saturated heterocycles. The first-order valence-corrected chi connectivity index (χ1v) is 10.6. The molecule has 1 unspecified atom stereocenters. The van der Waals surface area contributed by atoms with Gasteiger partial charge in [-0.25, -0.2) is 0 Å². The molecule has 0 bridgehead atoms. The fraction of sp³-hybridized carbons (Fsp3) is 0.682. The zero-order valence-corrected chi connectivity index (χ0v) is 19.8. The third-order valence-electron chi connectivity index (χ3n) is 6.13. The van der Waals surface area contributed by atoms with E-state index in [4.69, 9.17) is 9.47 Å². The molecule has 30 heavy (non-hydrogen) atoms. The number of halogens is 2. The van der Waals surface area contributed by atoms with Crippen molar-refractivity contribution in [2.24, 2.45) is 5.92 Å². The van der Waals surface area contributed by atoms with Crippen LogP contribution in [0.5, 0.6) is 11.5 Å². The van der Waals surface area contributed by atoms with E-state index in [1.165, 1.54) is 32.2 Å². The molecule has 1 aromatic carbocycles. The molecule has 0 spiro atoms. The highest BCUT2D eigenvalue weighted by atomic mass is 35.5. The van der Waals surface area contributed by atoms with Gasteiger partial charge < -0.3 is 25.0 Å². The summed E-state index contributed by atoms with van der Waals surface area (Å²) in [5, 5.41) is 6.50. The Morgan fingerprint density at radius 2 is 1.93 bits per heavy atom. The van der Waals surface area contributed by atoms with Crippen LogP contribution in [0.3, 0.4) is 0 Å². The molecule has 1 aromatic rings. The number of hydrogen-bond acceptors (Lipinski definition) is 5. The number of ether oxygens (including phenoxy) is 2. The Morgan fingerprint density at radius 1 is 1.17 bits per heavy atom.